The van der Waals surface area contributed by atoms with Crippen molar-refractivity contribution in [2.45, 2.75) is 33.1 Å². The zero-order valence-electron chi connectivity index (χ0n) is 13.4. The maximum atomic E-state index is 12.6. The van der Waals surface area contributed by atoms with Crippen LogP contribution >= 0.6 is 15.9 Å². The van der Waals surface area contributed by atoms with Crippen molar-refractivity contribution in [3.8, 4) is 0 Å². The van der Waals surface area contributed by atoms with E-state index in [-0.39, 0.29) is 11.9 Å². The van der Waals surface area contributed by atoms with Gasteiger partial charge in [0, 0.05) is 23.2 Å². The molecular weight excluding hydrogens is 360 g/mol. The smallest absolute Gasteiger partial charge is 0.321 e. The molecule has 2 N–H and O–H groups in total. The monoisotopic (exact) mass is 380 g/mol. The van der Waals surface area contributed by atoms with E-state index >= 15 is 0 Å². The van der Waals surface area contributed by atoms with Crippen LogP contribution in [0.25, 0.3) is 0 Å². The lowest BCUT2D eigenvalue weighted by atomic mass is 9.81. The second kappa shape index (κ2) is 5.82. The van der Waals surface area contributed by atoms with Gasteiger partial charge in [-0.25, -0.2) is 4.79 Å². The van der Waals surface area contributed by atoms with Gasteiger partial charge in [0.1, 0.15) is 0 Å². The molecule has 1 aliphatic carbocycles. The predicted octanol–water partition coefficient (Wildman–Crippen LogP) is 3.78. The number of halogens is 1. The standard InChI is InChI=1S/C17H21BrN2O3/c1-10-6-11(2)14(7-13(10)18)19-16(23)20-8-12-4-3-5-17(12,9-20)15(21)22/h6-7,12H,3-5,8-9H2,1-2H3,(H,19,23)(H,21,22)/t12-,17+/m0/s1. The molecule has 0 spiro atoms. The van der Waals surface area contributed by atoms with Crippen LogP contribution in [0.5, 0.6) is 0 Å². The van der Waals surface area contributed by atoms with E-state index in [4.69, 9.17) is 0 Å². The quantitative estimate of drug-likeness (QED) is 0.819. The minimum Gasteiger partial charge on any atom is -0.481 e. The highest BCUT2D eigenvalue weighted by atomic mass is 79.9. The number of urea groups is 1. The number of aliphatic carboxylic acids is 1. The van der Waals surface area contributed by atoms with Gasteiger partial charge in [-0.1, -0.05) is 28.4 Å². The number of hydrogen-bond acceptors (Lipinski definition) is 2. The van der Waals surface area contributed by atoms with Gasteiger partial charge in [0.25, 0.3) is 0 Å². The molecule has 0 unspecified atom stereocenters. The first kappa shape index (κ1) is 16.3. The van der Waals surface area contributed by atoms with Crippen molar-refractivity contribution in [3.63, 3.8) is 0 Å². The maximum absolute atomic E-state index is 12.6. The van der Waals surface area contributed by atoms with Crippen LogP contribution < -0.4 is 5.32 Å². The Balaban J connectivity index is 1.76. The van der Waals surface area contributed by atoms with Gasteiger partial charge in [0.2, 0.25) is 0 Å². The summed E-state index contributed by atoms with van der Waals surface area (Å²) in [4.78, 5) is 25.9. The maximum Gasteiger partial charge on any atom is 0.321 e. The third-order valence-corrected chi connectivity index (χ3v) is 6.19. The van der Waals surface area contributed by atoms with Crippen LogP contribution in [0.3, 0.4) is 0 Å². The van der Waals surface area contributed by atoms with Gasteiger partial charge in [0.15, 0.2) is 0 Å². The highest BCUT2D eigenvalue weighted by molar-refractivity contribution is 9.10. The molecule has 0 aromatic heterocycles. The van der Waals surface area contributed by atoms with Crippen LogP contribution in [0.1, 0.15) is 30.4 Å². The molecule has 1 saturated heterocycles. The second-order valence-corrected chi connectivity index (χ2v) is 7.63. The highest BCUT2D eigenvalue weighted by Gasteiger charge is 2.55. The lowest BCUT2D eigenvalue weighted by Gasteiger charge is -2.23. The van der Waals surface area contributed by atoms with Gasteiger partial charge in [0.05, 0.1) is 5.41 Å². The topological polar surface area (TPSA) is 69.6 Å². The van der Waals surface area contributed by atoms with Gasteiger partial charge in [-0.05, 0) is 49.8 Å². The van der Waals surface area contributed by atoms with Crippen LogP contribution in [0.2, 0.25) is 0 Å². The minimum absolute atomic E-state index is 0.0802. The number of rotatable bonds is 2. The van der Waals surface area contributed by atoms with E-state index in [1.165, 1.54) is 0 Å². The summed E-state index contributed by atoms with van der Waals surface area (Å²) in [7, 11) is 0. The number of carbonyl (C=O) groups is 2. The summed E-state index contributed by atoms with van der Waals surface area (Å²) >= 11 is 3.48. The van der Waals surface area contributed by atoms with E-state index < -0.39 is 11.4 Å². The lowest BCUT2D eigenvalue weighted by Crippen LogP contribution is -2.38. The normalized spacial score (nSPS) is 26.2. The summed E-state index contributed by atoms with van der Waals surface area (Å²) < 4.78 is 0.943. The third-order valence-electron chi connectivity index (χ3n) is 5.33. The third kappa shape index (κ3) is 2.73. The summed E-state index contributed by atoms with van der Waals surface area (Å²) in [5.74, 6) is -0.679. The molecular formula is C17H21BrN2O3. The van der Waals surface area contributed by atoms with Crippen LogP contribution in [0.15, 0.2) is 16.6 Å². The van der Waals surface area contributed by atoms with Crippen LogP contribution in [0, 0.1) is 25.2 Å². The molecule has 1 aromatic rings. The molecule has 6 heteroatoms. The summed E-state index contributed by atoms with van der Waals surface area (Å²) in [6.45, 7) is 4.79. The predicted molar refractivity (Wildman–Crippen MR) is 91.6 cm³/mol. The van der Waals surface area contributed by atoms with Gasteiger partial charge >= 0.3 is 12.0 Å². The SMILES string of the molecule is Cc1cc(C)c(NC(=O)N2C[C@@H]3CCC[C@@]3(C(=O)O)C2)cc1Br. The van der Waals surface area contributed by atoms with E-state index in [0.717, 1.165) is 34.1 Å². The Morgan fingerprint density at radius 2 is 2.09 bits per heavy atom. The van der Waals surface area contributed by atoms with E-state index in [1.807, 2.05) is 26.0 Å². The number of benzene rings is 1. The molecule has 2 atom stereocenters. The largest absolute Gasteiger partial charge is 0.481 e. The van der Waals surface area contributed by atoms with E-state index in [1.54, 1.807) is 4.90 Å². The van der Waals surface area contributed by atoms with Crippen molar-refractivity contribution >= 4 is 33.6 Å². The summed E-state index contributed by atoms with van der Waals surface area (Å²) in [6.07, 6.45) is 2.51. The summed E-state index contributed by atoms with van der Waals surface area (Å²) in [5.41, 5.74) is 2.13. The van der Waals surface area contributed by atoms with Crippen molar-refractivity contribution in [1.29, 1.82) is 0 Å². The Kier molecular flexibility index (Phi) is 4.12. The molecule has 1 aliphatic heterocycles. The molecule has 23 heavy (non-hydrogen) atoms. The van der Waals surface area contributed by atoms with Crippen LogP contribution in [-0.2, 0) is 4.79 Å². The Bertz CT molecular complexity index is 676. The number of carboxylic acid groups (broad SMARTS) is 1. The van der Waals surface area contributed by atoms with E-state index in [9.17, 15) is 14.7 Å². The molecule has 124 valence electrons. The number of likely N-dealkylation sites (tertiary alicyclic amines) is 1. The van der Waals surface area contributed by atoms with Gasteiger partial charge in [-0.3, -0.25) is 4.79 Å². The van der Waals surface area contributed by atoms with Crippen LogP contribution in [0.4, 0.5) is 10.5 Å². The van der Waals surface area contributed by atoms with Crippen LogP contribution in [-0.4, -0.2) is 35.1 Å². The molecule has 0 radical (unpaired) electrons. The zero-order valence-corrected chi connectivity index (χ0v) is 14.9. The molecule has 3 rings (SSSR count). The lowest BCUT2D eigenvalue weighted by molar-refractivity contribution is -0.149. The first-order chi connectivity index (χ1) is 10.8. The minimum atomic E-state index is -0.760. The van der Waals surface area contributed by atoms with Crippen molar-refractivity contribution in [2.24, 2.45) is 11.3 Å². The number of fused-ring (bicyclic) bond motifs is 1. The number of nitrogens with zero attached hydrogens (tertiary/aromatic N) is 1. The molecule has 2 amide bonds. The Hall–Kier alpha value is -1.56. The number of anilines is 1. The number of carbonyl (C=O) groups excluding carboxylic acids is 1. The average molecular weight is 381 g/mol. The molecule has 0 bridgehead atoms. The number of hydrogen-bond donors (Lipinski definition) is 2. The summed E-state index contributed by atoms with van der Waals surface area (Å²) in [5, 5.41) is 12.5. The molecule has 2 aliphatic rings. The van der Waals surface area contributed by atoms with Crippen molar-refractivity contribution in [3.05, 3.63) is 27.7 Å². The number of aryl methyl sites for hydroxylation is 2. The number of amides is 2. The average Bonchev–Trinajstić information content (AvgIpc) is 3.02. The fourth-order valence-electron chi connectivity index (χ4n) is 3.95. The summed E-state index contributed by atoms with van der Waals surface area (Å²) in [6, 6.07) is 3.70. The first-order valence-corrected chi connectivity index (χ1v) is 8.69. The van der Waals surface area contributed by atoms with Gasteiger partial charge < -0.3 is 15.3 Å². The van der Waals surface area contributed by atoms with E-state index in [2.05, 4.69) is 21.2 Å². The fraction of sp³-hybridized carbons (Fsp3) is 0.529. The zero-order chi connectivity index (χ0) is 16.8. The van der Waals surface area contributed by atoms with Crippen molar-refractivity contribution < 1.29 is 14.7 Å². The van der Waals surface area contributed by atoms with Gasteiger partial charge in [-0.2, -0.15) is 0 Å². The Morgan fingerprint density at radius 3 is 2.74 bits per heavy atom. The molecule has 2 fully saturated rings. The Labute approximate surface area is 144 Å². The number of nitrogens with one attached hydrogen (secondary N) is 1. The first-order valence-electron chi connectivity index (χ1n) is 7.89. The second-order valence-electron chi connectivity index (χ2n) is 6.78. The van der Waals surface area contributed by atoms with Crippen molar-refractivity contribution in [1.82, 2.24) is 4.90 Å². The van der Waals surface area contributed by atoms with Gasteiger partial charge in [-0.15, -0.1) is 0 Å². The number of carboxylic acids is 1. The molecule has 1 aromatic carbocycles. The fourth-order valence-corrected chi connectivity index (χ4v) is 4.29. The molecule has 5 nitrogen and oxygen atoms in total. The molecule has 1 saturated carbocycles. The highest BCUT2D eigenvalue weighted by Crippen LogP contribution is 2.49. The van der Waals surface area contributed by atoms with E-state index in [0.29, 0.717) is 19.5 Å². The Morgan fingerprint density at radius 1 is 1.35 bits per heavy atom. The molecule has 1 heterocycles. The van der Waals surface area contributed by atoms with Crippen molar-refractivity contribution in [2.75, 3.05) is 18.4 Å².